The van der Waals surface area contributed by atoms with E-state index >= 15 is 0 Å². The number of nitrogens with one attached hydrogen (secondary N) is 1. The van der Waals surface area contributed by atoms with Crippen LogP contribution >= 0.6 is 0 Å². The van der Waals surface area contributed by atoms with Crippen molar-refractivity contribution in [3.05, 3.63) is 31.0 Å². The maximum atomic E-state index is 4.35. The van der Waals surface area contributed by atoms with Crippen LogP contribution in [0.15, 0.2) is 31.0 Å². The second kappa shape index (κ2) is 4.16. The monoisotopic (exact) mass is 229 g/mol. The molecule has 2 aromatic heterocycles. The van der Waals surface area contributed by atoms with E-state index in [-0.39, 0.29) is 0 Å². The zero-order valence-corrected chi connectivity index (χ0v) is 9.74. The summed E-state index contributed by atoms with van der Waals surface area (Å²) in [5, 5.41) is 7.51. The van der Waals surface area contributed by atoms with E-state index in [1.807, 2.05) is 18.3 Å². The zero-order chi connectivity index (χ0) is 11.7. The Kier molecular flexibility index (Phi) is 2.51. The molecule has 0 unspecified atom stereocenters. The molecular formula is C12H15N5. The first kappa shape index (κ1) is 10.3. The summed E-state index contributed by atoms with van der Waals surface area (Å²) in [7, 11) is 0. The molecule has 0 spiro atoms. The van der Waals surface area contributed by atoms with Gasteiger partial charge in [0.2, 0.25) is 0 Å². The van der Waals surface area contributed by atoms with Gasteiger partial charge in [-0.1, -0.05) is 6.92 Å². The first-order valence-electron chi connectivity index (χ1n) is 5.89. The Morgan fingerprint density at radius 2 is 2.24 bits per heavy atom. The number of pyridine rings is 1. The summed E-state index contributed by atoms with van der Waals surface area (Å²) in [6.45, 7) is 2.28. The average Bonchev–Trinajstić information content (AvgIpc) is 2.81. The SMILES string of the molecule is CC1CC(Nc2ccc(-n3cncn3)nc2)C1. The molecule has 88 valence electrons. The van der Waals surface area contributed by atoms with Crippen molar-refractivity contribution < 1.29 is 0 Å². The fourth-order valence-electron chi connectivity index (χ4n) is 2.19. The normalized spacial score (nSPS) is 23.1. The van der Waals surface area contributed by atoms with E-state index in [1.165, 1.54) is 19.2 Å². The first-order valence-corrected chi connectivity index (χ1v) is 5.89. The minimum atomic E-state index is 0.615. The van der Waals surface area contributed by atoms with Gasteiger partial charge in [-0.25, -0.2) is 14.6 Å². The predicted molar refractivity (Wildman–Crippen MR) is 65.0 cm³/mol. The standard InChI is InChI=1S/C12H15N5/c1-9-4-11(5-9)16-10-2-3-12(14-6-10)17-8-13-7-15-17/h2-3,6-9,11,16H,4-5H2,1H3. The lowest BCUT2D eigenvalue weighted by molar-refractivity contribution is 0.309. The van der Waals surface area contributed by atoms with Gasteiger partial charge in [-0.2, -0.15) is 5.10 Å². The number of hydrogen-bond acceptors (Lipinski definition) is 4. The molecular weight excluding hydrogens is 214 g/mol. The number of rotatable bonds is 3. The van der Waals surface area contributed by atoms with E-state index in [2.05, 4.69) is 27.3 Å². The molecule has 1 aliphatic carbocycles. The summed E-state index contributed by atoms with van der Waals surface area (Å²) >= 11 is 0. The van der Waals surface area contributed by atoms with Crippen molar-refractivity contribution in [2.75, 3.05) is 5.32 Å². The molecule has 0 bridgehead atoms. The van der Waals surface area contributed by atoms with Gasteiger partial charge in [0.25, 0.3) is 0 Å². The topological polar surface area (TPSA) is 55.6 Å². The van der Waals surface area contributed by atoms with Crippen LogP contribution < -0.4 is 5.32 Å². The molecule has 1 aliphatic rings. The van der Waals surface area contributed by atoms with Crippen LogP contribution in [0.1, 0.15) is 19.8 Å². The minimum absolute atomic E-state index is 0.615. The van der Waals surface area contributed by atoms with Gasteiger partial charge in [0, 0.05) is 6.04 Å². The van der Waals surface area contributed by atoms with Crippen molar-refractivity contribution in [3.8, 4) is 5.82 Å². The highest BCUT2D eigenvalue weighted by Gasteiger charge is 2.24. The Morgan fingerprint density at radius 1 is 1.35 bits per heavy atom. The molecule has 1 fully saturated rings. The van der Waals surface area contributed by atoms with Crippen LogP contribution in [0.3, 0.4) is 0 Å². The van der Waals surface area contributed by atoms with Gasteiger partial charge in [0.05, 0.1) is 11.9 Å². The quantitative estimate of drug-likeness (QED) is 0.873. The van der Waals surface area contributed by atoms with Crippen molar-refractivity contribution in [2.45, 2.75) is 25.8 Å². The van der Waals surface area contributed by atoms with E-state index in [9.17, 15) is 0 Å². The third kappa shape index (κ3) is 2.13. The van der Waals surface area contributed by atoms with Crippen LogP contribution in [0.2, 0.25) is 0 Å². The van der Waals surface area contributed by atoms with Crippen molar-refractivity contribution >= 4 is 5.69 Å². The summed E-state index contributed by atoms with van der Waals surface area (Å²) in [6, 6.07) is 4.59. The van der Waals surface area contributed by atoms with Gasteiger partial charge in [-0.15, -0.1) is 0 Å². The predicted octanol–water partition coefficient (Wildman–Crippen LogP) is 1.87. The number of aromatic nitrogens is 4. The van der Waals surface area contributed by atoms with Gasteiger partial charge in [0.1, 0.15) is 12.7 Å². The van der Waals surface area contributed by atoms with Crippen LogP contribution in [0, 0.1) is 5.92 Å². The molecule has 0 saturated heterocycles. The maximum absolute atomic E-state index is 4.35. The second-order valence-corrected chi connectivity index (χ2v) is 4.66. The minimum Gasteiger partial charge on any atom is -0.381 e. The second-order valence-electron chi connectivity index (χ2n) is 4.66. The molecule has 0 radical (unpaired) electrons. The molecule has 0 amide bonds. The lowest BCUT2D eigenvalue weighted by atomic mass is 9.82. The first-order chi connectivity index (χ1) is 8.31. The summed E-state index contributed by atoms with van der Waals surface area (Å²) in [6.07, 6.45) is 7.50. The Morgan fingerprint density at radius 3 is 2.82 bits per heavy atom. The lowest BCUT2D eigenvalue weighted by Gasteiger charge is -2.33. The van der Waals surface area contributed by atoms with E-state index in [1.54, 1.807) is 11.0 Å². The summed E-state index contributed by atoms with van der Waals surface area (Å²) in [4.78, 5) is 8.25. The highest BCUT2D eigenvalue weighted by atomic mass is 15.3. The molecule has 0 aliphatic heterocycles. The smallest absolute Gasteiger partial charge is 0.155 e. The fraction of sp³-hybridized carbons (Fsp3) is 0.417. The zero-order valence-electron chi connectivity index (χ0n) is 9.74. The van der Waals surface area contributed by atoms with Crippen LogP contribution in [0.4, 0.5) is 5.69 Å². The van der Waals surface area contributed by atoms with Gasteiger partial charge in [-0.3, -0.25) is 0 Å². The van der Waals surface area contributed by atoms with Crippen LogP contribution in [0.5, 0.6) is 0 Å². The van der Waals surface area contributed by atoms with E-state index in [4.69, 9.17) is 0 Å². The van der Waals surface area contributed by atoms with Gasteiger partial charge >= 0.3 is 0 Å². The van der Waals surface area contributed by atoms with Crippen molar-refractivity contribution in [2.24, 2.45) is 5.92 Å². The molecule has 2 heterocycles. The lowest BCUT2D eigenvalue weighted by Crippen LogP contribution is -2.33. The maximum Gasteiger partial charge on any atom is 0.155 e. The Balaban J connectivity index is 1.68. The molecule has 3 rings (SSSR count). The van der Waals surface area contributed by atoms with Gasteiger partial charge < -0.3 is 5.32 Å². The highest BCUT2D eigenvalue weighted by molar-refractivity contribution is 5.44. The molecule has 5 nitrogen and oxygen atoms in total. The molecule has 17 heavy (non-hydrogen) atoms. The average molecular weight is 229 g/mol. The third-order valence-corrected chi connectivity index (χ3v) is 3.15. The van der Waals surface area contributed by atoms with Crippen molar-refractivity contribution in [3.63, 3.8) is 0 Å². The van der Waals surface area contributed by atoms with E-state index < -0.39 is 0 Å². The van der Waals surface area contributed by atoms with Gasteiger partial charge in [-0.05, 0) is 30.9 Å². The third-order valence-electron chi connectivity index (χ3n) is 3.15. The molecule has 2 aromatic rings. The largest absolute Gasteiger partial charge is 0.381 e. The highest BCUT2D eigenvalue weighted by Crippen LogP contribution is 2.29. The molecule has 1 saturated carbocycles. The molecule has 0 aromatic carbocycles. The molecule has 5 heteroatoms. The van der Waals surface area contributed by atoms with Crippen molar-refractivity contribution in [1.29, 1.82) is 0 Å². The van der Waals surface area contributed by atoms with Crippen molar-refractivity contribution in [1.82, 2.24) is 19.7 Å². The Bertz CT molecular complexity index is 470. The Labute approximate surface area is 99.9 Å². The van der Waals surface area contributed by atoms with Crippen LogP contribution in [-0.2, 0) is 0 Å². The number of hydrogen-bond donors (Lipinski definition) is 1. The summed E-state index contributed by atoms with van der Waals surface area (Å²) in [5.74, 6) is 1.64. The summed E-state index contributed by atoms with van der Waals surface area (Å²) < 4.78 is 1.65. The van der Waals surface area contributed by atoms with Crippen LogP contribution in [0.25, 0.3) is 5.82 Å². The van der Waals surface area contributed by atoms with E-state index in [0.717, 1.165) is 17.4 Å². The Hall–Kier alpha value is -1.91. The van der Waals surface area contributed by atoms with E-state index in [0.29, 0.717) is 6.04 Å². The molecule has 1 N–H and O–H groups in total. The van der Waals surface area contributed by atoms with Crippen LogP contribution in [-0.4, -0.2) is 25.8 Å². The summed E-state index contributed by atoms with van der Waals surface area (Å²) in [5.41, 5.74) is 1.07. The number of anilines is 1. The molecule has 0 atom stereocenters. The van der Waals surface area contributed by atoms with Gasteiger partial charge in [0.15, 0.2) is 5.82 Å². The fourth-order valence-corrected chi connectivity index (χ4v) is 2.19. The number of nitrogens with zero attached hydrogens (tertiary/aromatic N) is 4.